The van der Waals surface area contributed by atoms with E-state index in [1.807, 2.05) is 0 Å². The van der Waals surface area contributed by atoms with Gasteiger partial charge in [0.15, 0.2) is 11.5 Å². The molecule has 2 N–H and O–H groups in total. The number of nitrogens with one attached hydrogen (secondary N) is 1. The molecule has 10 heteroatoms. The smallest absolute Gasteiger partial charge is 0.229 e. The molecule has 0 radical (unpaired) electrons. The summed E-state index contributed by atoms with van der Waals surface area (Å²) in [6, 6.07) is 4.10. The van der Waals surface area contributed by atoms with E-state index < -0.39 is 10.0 Å². The van der Waals surface area contributed by atoms with Gasteiger partial charge in [0.1, 0.15) is 5.75 Å². The van der Waals surface area contributed by atoms with Crippen LogP contribution in [0.5, 0.6) is 23.0 Å². The Morgan fingerprint density at radius 1 is 0.962 bits per heavy atom. The Morgan fingerprint density at radius 2 is 1.58 bits per heavy atom. The maximum atomic E-state index is 11.8. The fourth-order valence-corrected chi connectivity index (χ4v) is 3.63. The molecule has 0 aromatic heterocycles. The number of phenols is 1. The van der Waals surface area contributed by atoms with E-state index in [2.05, 4.69) is 4.72 Å². The molecule has 0 aliphatic heterocycles. The van der Waals surface area contributed by atoms with Gasteiger partial charge in [0, 0.05) is 16.7 Å². The van der Waals surface area contributed by atoms with Crippen molar-refractivity contribution in [2.75, 3.05) is 32.3 Å². The molecule has 2 aromatic rings. The summed E-state index contributed by atoms with van der Waals surface area (Å²) < 4.78 is 42.0. The van der Waals surface area contributed by atoms with Gasteiger partial charge in [0.25, 0.3) is 0 Å². The number of sulfonamides is 1. The predicted molar refractivity (Wildman–Crippen MR) is 102 cm³/mol. The van der Waals surface area contributed by atoms with Gasteiger partial charge in [-0.25, -0.2) is 8.42 Å². The van der Waals surface area contributed by atoms with Crippen molar-refractivity contribution < 1.29 is 27.7 Å². The van der Waals surface area contributed by atoms with E-state index in [4.69, 9.17) is 37.4 Å². The Bertz CT molecular complexity index is 923. The van der Waals surface area contributed by atoms with Gasteiger partial charge in [-0.1, -0.05) is 23.2 Å². The first-order valence-electron chi connectivity index (χ1n) is 7.12. The fraction of sp³-hybridized carbons (Fsp3) is 0.250. The summed E-state index contributed by atoms with van der Waals surface area (Å²) in [5, 5.41) is 10.7. The van der Waals surface area contributed by atoms with Gasteiger partial charge in [-0.15, -0.1) is 0 Å². The van der Waals surface area contributed by atoms with Crippen LogP contribution in [0.1, 0.15) is 0 Å². The highest BCUT2D eigenvalue weighted by Crippen LogP contribution is 2.53. The number of hydrogen-bond donors (Lipinski definition) is 2. The van der Waals surface area contributed by atoms with Gasteiger partial charge in [-0.2, -0.15) is 0 Å². The zero-order valence-electron chi connectivity index (χ0n) is 14.4. The summed E-state index contributed by atoms with van der Waals surface area (Å²) in [5.74, 6) is 0.292. The van der Waals surface area contributed by atoms with Gasteiger partial charge < -0.3 is 19.3 Å². The molecule has 2 rings (SSSR count). The average Bonchev–Trinajstić information content (AvgIpc) is 2.52. The highest BCUT2D eigenvalue weighted by atomic mass is 35.5. The molecule has 0 saturated carbocycles. The minimum absolute atomic E-state index is 0.0847. The molecular formula is C16H17Cl2NO6S. The average molecular weight is 422 g/mol. The Morgan fingerprint density at radius 3 is 2.04 bits per heavy atom. The zero-order chi connectivity index (χ0) is 19.6. The van der Waals surface area contributed by atoms with Crippen molar-refractivity contribution in [2.24, 2.45) is 0 Å². The van der Waals surface area contributed by atoms with Crippen molar-refractivity contribution in [3.8, 4) is 34.1 Å². The number of aromatic hydroxyl groups is 1. The molecule has 2 aromatic carbocycles. The Labute approximate surface area is 161 Å². The van der Waals surface area contributed by atoms with Crippen LogP contribution in [-0.2, 0) is 10.0 Å². The van der Waals surface area contributed by atoms with Crippen LogP contribution in [0.2, 0.25) is 10.0 Å². The number of halogens is 2. The molecule has 0 spiro atoms. The monoisotopic (exact) mass is 421 g/mol. The van der Waals surface area contributed by atoms with E-state index in [9.17, 15) is 13.5 Å². The van der Waals surface area contributed by atoms with Crippen LogP contribution in [0.25, 0.3) is 11.1 Å². The lowest BCUT2D eigenvalue weighted by Crippen LogP contribution is -2.12. The molecule has 0 aliphatic carbocycles. The lowest BCUT2D eigenvalue weighted by molar-refractivity contribution is 0.325. The Balaban J connectivity index is 2.98. The summed E-state index contributed by atoms with van der Waals surface area (Å²) in [4.78, 5) is 0. The molecule has 0 amide bonds. The van der Waals surface area contributed by atoms with Crippen LogP contribution in [0.4, 0.5) is 5.69 Å². The fourth-order valence-electron chi connectivity index (χ4n) is 2.49. The second-order valence-corrected chi connectivity index (χ2v) is 7.82. The van der Waals surface area contributed by atoms with E-state index >= 15 is 0 Å². The largest absolute Gasteiger partial charge is 0.507 e. The van der Waals surface area contributed by atoms with Crippen LogP contribution in [-0.4, -0.2) is 41.1 Å². The molecule has 0 unspecified atom stereocenters. The van der Waals surface area contributed by atoms with Crippen molar-refractivity contribution in [2.45, 2.75) is 0 Å². The van der Waals surface area contributed by atoms with Crippen molar-refractivity contribution in [3.05, 3.63) is 28.2 Å². The number of anilines is 1. The van der Waals surface area contributed by atoms with Gasteiger partial charge >= 0.3 is 0 Å². The molecule has 0 bridgehead atoms. The van der Waals surface area contributed by atoms with Crippen LogP contribution in [0, 0.1) is 0 Å². The lowest BCUT2D eigenvalue weighted by Gasteiger charge is -2.21. The topological polar surface area (TPSA) is 94.1 Å². The number of hydrogen-bond acceptors (Lipinski definition) is 6. The van der Waals surface area contributed by atoms with E-state index in [-0.39, 0.29) is 49.9 Å². The molecule has 0 heterocycles. The second kappa shape index (κ2) is 7.69. The van der Waals surface area contributed by atoms with Crippen molar-refractivity contribution in [1.82, 2.24) is 0 Å². The molecular weight excluding hydrogens is 405 g/mol. The first kappa shape index (κ1) is 20.3. The van der Waals surface area contributed by atoms with Crippen LogP contribution in [0.3, 0.4) is 0 Å². The number of rotatable bonds is 6. The second-order valence-electron chi connectivity index (χ2n) is 5.22. The van der Waals surface area contributed by atoms with E-state index in [1.54, 1.807) is 0 Å². The van der Waals surface area contributed by atoms with Gasteiger partial charge in [-0.3, -0.25) is 4.72 Å². The van der Waals surface area contributed by atoms with Gasteiger partial charge in [-0.05, 0) is 12.1 Å². The first-order valence-corrected chi connectivity index (χ1v) is 9.76. The number of methoxy groups -OCH3 is 3. The first-order chi connectivity index (χ1) is 12.1. The number of ether oxygens (including phenoxy) is 3. The molecule has 26 heavy (non-hydrogen) atoms. The molecule has 0 fully saturated rings. The third kappa shape index (κ3) is 4.03. The highest BCUT2D eigenvalue weighted by molar-refractivity contribution is 7.92. The Kier molecular flexibility index (Phi) is 6.00. The third-order valence-corrected chi connectivity index (χ3v) is 4.52. The van der Waals surface area contributed by atoms with Crippen molar-refractivity contribution in [3.63, 3.8) is 0 Å². The van der Waals surface area contributed by atoms with Gasteiger partial charge in [0.2, 0.25) is 15.8 Å². The summed E-state index contributed by atoms with van der Waals surface area (Å²) in [6.07, 6.45) is 0.989. The third-order valence-electron chi connectivity index (χ3n) is 3.41. The summed E-state index contributed by atoms with van der Waals surface area (Å²) in [5.41, 5.74) is 0.385. The predicted octanol–water partition coefficient (Wildman–Crippen LogP) is 3.76. The minimum Gasteiger partial charge on any atom is -0.507 e. The minimum atomic E-state index is -3.66. The van der Waals surface area contributed by atoms with Gasteiger partial charge in [0.05, 0.1) is 43.9 Å². The molecule has 0 saturated heterocycles. The molecule has 0 atom stereocenters. The number of benzene rings is 2. The number of phenolic OH excluding ortho intramolecular Hbond substituents is 1. The van der Waals surface area contributed by atoms with Crippen LogP contribution in [0.15, 0.2) is 18.2 Å². The van der Waals surface area contributed by atoms with Crippen molar-refractivity contribution in [1.29, 1.82) is 0 Å². The van der Waals surface area contributed by atoms with Crippen LogP contribution >= 0.6 is 23.2 Å². The maximum Gasteiger partial charge on any atom is 0.229 e. The van der Waals surface area contributed by atoms with E-state index in [0.29, 0.717) is 0 Å². The molecule has 7 nitrogen and oxygen atoms in total. The van der Waals surface area contributed by atoms with E-state index in [1.165, 1.54) is 39.5 Å². The lowest BCUT2D eigenvalue weighted by atomic mass is 10.00. The molecule has 142 valence electrons. The van der Waals surface area contributed by atoms with Crippen molar-refractivity contribution >= 4 is 38.9 Å². The van der Waals surface area contributed by atoms with E-state index in [0.717, 1.165) is 6.26 Å². The highest BCUT2D eigenvalue weighted by Gasteiger charge is 2.27. The van der Waals surface area contributed by atoms with Crippen LogP contribution < -0.4 is 18.9 Å². The quantitative estimate of drug-likeness (QED) is 0.736. The summed E-state index contributed by atoms with van der Waals surface area (Å²) in [7, 11) is 0.500. The molecule has 0 aliphatic rings. The standard InChI is InChI=1S/C16H17Cl2NO6S/c1-23-12-7-10(19-26(4,21)22)14(16(25-3)15(12)24-2)13-9(18)5-8(17)6-11(13)20/h5-7,19-20H,1-4H3. The SMILES string of the molecule is COc1cc(NS(C)(=O)=O)c(-c2c(O)cc(Cl)cc2Cl)c(OC)c1OC. The summed E-state index contributed by atoms with van der Waals surface area (Å²) in [6.45, 7) is 0. The summed E-state index contributed by atoms with van der Waals surface area (Å²) >= 11 is 12.2. The Hall–Kier alpha value is -2.03. The maximum absolute atomic E-state index is 11.8. The normalized spacial score (nSPS) is 11.2. The zero-order valence-corrected chi connectivity index (χ0v) is 16.7.